The lowest BCUT2D eigenvalue weighted by atomic mass is 10.3. The fourth-order valence-electron chi connectivity index (χ4n) is 1.05. The molecule has 1 aliphatic rings. The van der Waals surface area contributed by atoms with Gasteiger partial charge in [0.1, 0.15) is 0 Å². The Labute approximate surface area is 77.8 Å². The molecule has 1 fully saturated rings. The molecule has 13 heavy (non-hydrogen) atoms. The second-order valence-electron chi connectivity index (χ2n) is 2.83. The average molecular weight is 183 g/mol. The number of amides is 1. The predicted molar refractivity (Wildman–Crippen MR) is 46.8 cm³/mol. The third kappa shape index (κ3) is 3.05. The maximum Gasteiger partial charge on any atom is 0.228 e. The number of hydrogen-bond donors (Lipinski definition) is 0. The molecule has 0 atom stereocenters. The van der Waals surface area contributed by atoms with Gasteiger partial charge in [0.25, 0.3) is 0 Å². The summed E-state index contributed by atoms with van der Waals surface area (Å²) in [5.74, 6) is 2.35. The average Bonchev–Trinajstić information content (AvgIpc) is 2.57. The summed E-state index contributed by atoms with van der Waals surface area (Å²) >= 11 is 0. The topological polar surface area (TPSA) is 38.8 Å². The van der Waals surface area contributed by atoms with Crippen LogP contribution in [0.1, 0.15) is 6.42 Å². The van der Waals surface area contributed by atoms with Crippen molar-refractivity contribution in [3.63, 3.8) is 0 Å². The van der Waals surface area contributed by atoms with Gasteiger partial charge in [0.15, 0.2) is 6.29 Å². The van der Waals surface area contributed by atoms with Crippen LogP contribution in [0.2, 0.25) is 0 Å². The van der Waals surface area contributed by atoms with Crippen LogP contribution in [0.5, 0.6) is 0 Å². The molecule has 0 aliphatic carbocycles. The van der Waals surface area contributed by atoms with E-state index in [-0.39, 0.29) is 18.6 Å². The van der Waals surface area contributed by atoms with Crippen LogP contribution in [-0.4, -0.2) is 43.9 Å². The van der Waals surface area contributed by atoms with Gasteiger partial charge in [-0.1, -0.05) is 5.92 Å². The Kier molecular flexibility index (Phi) is 3.74. The lowest BCUT2D eigenvalue weighted by Crippen LogP contribution is -2.30. The minimum atomic E-state index is -0.382. The van der Waals surface area contributed by atoms with E-state index >= 15 is 0 Å². The summed E-state index contributed by atoms with van der Waals surface area (Å²) in [6, 6.07) is 0. The second-order valence-corrected chi connectivity index (χ2v) is 2.83. The molecule has 0 aromatic carbocycles. The van der Waals surface area contributed by atoms with Crippen LogP contribution in [0, 0.1) is 12.3 Å². The Morgan fingerprint density at radius 3 is 2.77 bits per heavy atom. The Hall–Kier alpha value is -1.05. The van der Waals surface area contributed by atoms with E-state index in [1.54, 1.807) is 7.05 Å². The largest absolute Gasteiger partial charge is 0.350 e. The molecular weight excluding hydrogens is 170 g/mol. The van der Waals surface area contributed by atoms with E-state index in [1.807, 2.05) is 0 Å². The van der Waals surface area contributed by atoms with Crippen LogP contribution < -0.4 is 0 Å². The molecule has 0 saturated carbocycles. The molecule has 1 saturated heterocycles. The van der Waals surface area contributed by atoms with Crippen LogP contribution >= 0.6 is 0 Å². The van der Waals surface area contributed by atoms with Crippen molar-refractivity contribution in [2.24, 2.45) is 0 Å². The zero-order chi connectivity index (χ0) is 9.68. The highest BCUT2D eigenvalue weighted by molar-refractivity contribution is 5.76. The zero-order valence-corrected chi connectivity index (χ0v) is 7.66. The quantitative estimate of drug-likeness (QED) is 0.571. The van der Waals surface area contributed by atoms with Gasteiger partial charge < -0.3 is 14.4 Å². The Balaban J connectivity index is 2.27. The Bertz CT molecular complexity index is 215. The van der Waals surface area contributed by atoms with Crippen LogP contribution in [0.15, 0.2) is 0 Å². The van der Waals surface area contributed by atoms with Gasteiger partial charge >= 0.3 is 0 Å². The molecule has 0 aromatic heterocycles. The molecule has 0 spiro atoms. The van der Waals surface area contributed by atoms with Crippen molar-refractivity contribution in [3.8, 4) is 12.3 Å². The fourth-order valence-corrected chi connectivity index (χ4v) is 1.05. The molecule has 0 bridgehead atoms. The first-order valence-corrected chi connectivity index (χ1v) is 4.14. The standard InChI is InChI=1S/C9H13NO3/c1-3-4-10(2)8(11)7-9-12-5-6-13-9/h1,9H,4-7H2,2H3. The lowest BCUT2D eigenvalue weighted by molar-refractivity contribution is -0.137. The van der Waals surface area contributed by atoms with Gasteiger partial charge in [-0.05, 0) is 0 Å². The van der Waals surface area contributed by atoms with Gasteiger partial charge in [0, 0.05) is 7.05 Å². The van der Waals surface area contributed by atoms with Crippen molar-refractivity contribution in [1.82, 2.24) is 4.90 Å². The van der Waals surface area contributed by atoms with Crippen LogP contribution in [0.4, 0.5) is 0 Å². The van der Waals surface area contributed by atoms with Crippen molar-refractivity contribution in [2.75, 3.05) is 26.8 Å². The van der Waals surface area contributed by atoms with Crippen LogP contribution in [-0.2, 0) is 14.3 Å². The Morgan fingerprint density at radius 1 is 1.62 bits per heavy atom. The number of terminal acetylenes is 1. The minimum absolute atomic E-state index is 0.0511. The van der Waals surface area contributed by atoms with Crippen molar-refractivity contribution in [3.05, 3.63) is 0 Å². The number of ether oxygens (including phenoxy) is 2. The van der Waals surface area contributed by atoms with Crippen molar-refractivity contribution >= 4 is 5.91 Å². The molecule has 1 heterocycles. The molecular formula is C9H13NO3. The summed E-state index contributed by atoms with van der Waals surface area (Å²) in [6.45, 7) is 1.46. The maximum atomic E-state index is 11.4. The van der Waals surface area contributed by atoms with Gasteiger partial charge in [-0.25, -0.2) is 0 Å². The van der Waals surface area contributed by atoms with Gasteiger partial charge in [-0.15, -0.1) is 6.42 Å². The number of carbonyl (C=O) groups excluding carboxylic acids is 1. The third-order valence-electron chi connectivity index (χ3n) is 1.79. The number of rotatable bonds is 3. The highest BCUT2D eigenvalue weighted by Gasteiger charge is 2.21. The van der Waals surface area contributed by atoms with E-state index in [1.165, 1.54) is 4.90 Å². The van der Waals surface area contributed by atoms with E-state index < -0.39 is 0 Å². The normalized spacial score (nSPS) is 16.9. The third-order valence-corrected chi connectivity index (χ3v) is 1.79. The molecule has 4 heteroatoms. The van der Waals surface area contributed by atoms with Gasteiger partial charge in [-0.2, -0.15) is 0 Å². The molecule has 0 unspecified atom stereocenters. The van der Waals surface area contributed by atoms with E-state index in [9.17, 15) is 4.79 Å². The summed E-state index contributed by atoms with van der Waals surface area (Å²) in [5, 5.41) is 0. The van der Waals surface area contributed by atoms with E-state index in [0.29, 0.717) is 19.8 Å². The fraction of sp³-hybridized carbons (Fsp3) is 0.667. The van der Waals surface area contributed by atoms with Crippen LogP contribution in [0.3, 0.4) is 0 Å². The summed E-state index contributed by atoms with van der Waals surface area (Å²) in [7, 11) is 1.66. The molecule has 0 aromatic rings. The first kappa shape index (κ1) is 10.0. The summed E-state index contributed by atoms with van der Waals surface area (Å²) in [6.07, 6.45) is 4.94. The lowest BCUT2D eigenvalue weighted by Gasteiger charge is -2.15. The van der Waals surface area contributed by atoms with E-state index in [0.717, 1.165) is 0 Å². The summed E-state index contributed by atoms with van der Waals surface area (Å²) < 4.78 is 10.3. The SMILES string of the molecule is C#CCN(C)C(=O)CC1OCCO1. The van der Waals surface area contributed by atoms with Crippen LogP contribution in [0.25, 0.3) is 0 Å². The molecule has 0 radical (unpaired) electrons. The van der Waals surface area contributed by atoms with Gasteiger partial charge in [-0.3, -0.25) is 4.79 Å². The zero-order valence-electron chi connectivity index (χ0n) is 7.66. The molecule has 1 amide bonds. The molecule has 4 nitrogen and oxygen atoms in total. The molecule has 72 valence electrons. The minimum Gasteiger partial charge on any atom is -0.350 e. The van der Waals surface area contributed by atoms with E-state index in [4.69, 9.17) is 15.9 Å². The van der Waals surface area contributed by atoms with E-state index in [2.05, 4.69) is 5.92 Å². The van der Waals surface area contributed by atoms with Crippen molar-refractivity contribution in [2.45, 2.75) is 12.7 Å². The van der Waals surface area contributed by atoms with Gasteiger partial charge in [0.05, 0.1) is 26.2 Å². The highest BCUT2D eigenvalue weighted by Crippen LogP contribution is 2.08. The molecule has 0 N–H and O–H groups in total. The number of nitrogens with zero attached hydrogens (tertiary/aromatic N) is 1. The van der Waals surface area contributed by atoms with Gasteiger partial charge in [0.2, 0.25) is 5.91 Å². The Morgan fingerprint density at radius 2 is 2.23 bits per heavy atom. The second kappa shape index (κ2) is 4.85. The predicted octanol–water partition coefficient (Wildman–Crippen LogP) is -0.159. The maximum absolute atomic E-state index is 11.4. The number of hydrogen-bond acceptors (Lipinski definition) is 3. The molecule has 1 aliphatic heterocycles. The van der Waals surface area contributed by atoms with Crippen molar-refractivity contribution < 1.29 is 14.3 Å². The molecule has 1 rings (SSSR count). The monoisotopic (exact) mass is 183 g/mol. The highest BCUT2D eigenvalue weighted by atomic mass is 16.7. The number of carbonyl (C=O) groups is 1. The smallest absolute Gasteiger partial charge is 0.228 e. The first-order valence-electron chi connectivity index (χ1n) is 4.14. The summed E-state index contributed by atoms with van der Waals surface area (Å²) in [5.41, 5.74) is 0. The summed E-state index contributed by atoms with van der Waals surface area (Å²) in [4.78, 5) is 12.8. The van der Waals surface area contributed by atoms with Crippen molar-refractivity contribution in [1.29, 1.82) is 0 Å². The first-order chi connectivity index (χ1) is 6.24.